The second-order valence-electron chi connectivity index (χ2n) is 2.94. The van der Waals surface area contributed by atoms with Crippen molar-refractivity contribution in [3.63, 3.8) is 0 Å². The molecule has 0 amide bonds. The molecule has 0 bridgehead atoms. The number of alkyl halides is 3. The minimum Gasteiger partial charge on any atom is -0.396 e. The van der Waals surface area contributed by atoms with E-state index >= 15 is 0 Å². The summed E-state index contributed by atoms with van der Waals surface area (Å²) in [6.45, 7) is 1.63. The molecule has 0 atom stereocenters. The summed E-state index contributed by atoms with van der Waals surface area (Å²) in [6, 6.07) is 0. The number of aromatic nitrogens is 2. The van der Waals surface area contributed by atoms with Gasteiger partial charge in [0.1, 0.15) is 5.82 Å². The van der Waals surface area contributed by atoms with Crippen molar-refractivity contribution in [2.75, 3.05) is 5.73 Å². The normalized spacial score (nSPS) is 11.7. The van der Waals surface area contributed by atoms with Crippen molar-refractivity contribution in [2.24, 2.45) is 0 Å². The van der Waals surface area contributed by atoms with Crippen molar-refractivity contribution in [1.29, 1.82) is 0 Å². The van der Waals surface area contributed by atoms with Gasteiger partial charge in [-0.2, -0.15) is 13.2 Å². The summed E-state index contributed by atoms with van der Waals surface area (Å²) in [7, 11) is 0. The lowest BCUT2D eigenvalue weighted by Gasteiger charge is -2.05. The van der Waals surface area contributed by atoms with Gasteiger partial charge in [0, 0.05) is 6.42 Å². The summed E-state index contributed by atoms with van der Waals surface area (Å²) in [5, 5.41) is 0. The molecule has 0 radical (unpaired) electrons. The molecule has 14 heavy (non-hydrogen) atoms. The zero-order valence-corrected chi connectivity index (χ0v) is 7.60. The van der Waals surface area contributed by atoms with Crippen molar-refractivity contribution in [3.05, 3.63) is 17.7 Å². The van der Waals surface area contributed by atoms with E-state index in [0.29, 0.717) is 11.4 Å². The maximum Gasteiger partial charge on any atom is 0.389 e. The first-order valence-electron chi connectivity index (χ1n) is 4.03. The molecule has 1 aromatic rings. The third kappa shape index (κ3) is 3.20. The summed E-state index contributed by atoms with van der Waals surface area (Å²) < 4.78 is 35.5. The molecular formula is C8H10F3N3. The molecule has 0 saturated carbocycles. The number of nitrogens with zero attached hydrogens (tertiary/aromatic N) is 2. The minimum atomic E-state index is -4.17. The van der Waals surface area contributed by atoms with Gasteiger partial charge in [0.15, 0.2) is 0 Å². The molecule has 3 nitrogen and oxygen atoms in total. The van der Waals surface area contributed by atoms with E-state index < -0.39 is 12.6 Å². The predicted octanol–water partition coefficient (Wildman–Crippen LogP) is 1.86. The van der Waals surface area contributed by atoms with Gasteiger partial charge in [-0.1, -0.05) is 0 Å². The molecule has 0 fully saturated rings. The lowest BCUT2D eigenvalue weighted by molar-refractivity contribution is -0.134. The fraction of sp³-hybridized carbons (Fsp3) is 0.500. The predicted molar refractivity (Wildman–Crippen MR) is 45.6 cm³/mol. The average Bonchev–Trinajstić information content (AvgIpc) is 2.06. The van der Waals surface area contributed by atoms with E-state index in [1.807, 2.05) is 0 Å². The van der Waals surface area contributed by atoms with E-state index in [0.717, 1.165) is 0 Å². The van der Waals surface area contributed by atoms with Gasteiger partial charge in [-0.3, -0.25) is 0 Å². The van der Waals surface area contributed by atoms with Gasteiger partial charge in [-0.15, -0.1) is 0 Å². The second-order valence-corrected chi connectivity index (χ2v) is 2.94. The molecule has 6 heteroatoms. The molecule has 0 aromatic carbocycles. The first kappa shape index (κ1) is 10.7. The summed E-state index contributed by atoms with van der Waals surface area (Å²) >= 11 is 0. The Labute approximate surface area is 79.2 Å². The highest BCUT2D eigenvalue weighted by Gasteiger charge is 2.27. The number of aryl methyl sites for hydroxylation is 2. The summed E-state index contributed by atoms with van der Waals surface area (Å²) in [6.07, 6.45) is -3.95. The largest absolute Gasteiger partial charge is 0.396 e. The van der Waals surface area contributed by atoms with Crippen molar-refractivity contribution in [2.45, 2.75) is 25.9 Å². The Morgan fingerprint density at radius 1 is 1.43 bits per heavy atom. The van der Waals surface area contributed by atoms with E-state index in [1.165, 1.54) is 6.20 Å². The number of nitrogens with two attached hydrogens (primary N) is 1. The van der Waals surface area contributed by atoms with Crippen LogP contribution in [0.4, 0.5) is 18.9 Å². The number of anilines is 1. The van der Waals surface area contributed by atoms with Crippen LogP contribution in [0.3, 0.4) is 0 Å². The van der Waals surface area contributed by atoms with Crippen LogP contribution in [0.1, 0.15) is 17.9 Å². The standard InChI is InChI=1S/C8H10F3N3/c1-5-6(12)4-13-7(14-5)2-3-8(9,10)11/h4H,2-3,12H2,1H3. The molecule has 0 aliphatic rings. The fourth-order valence-corrected chi connectivity index (χ4v) is 0.898. The first-order chi connectivity index (χ1) is 6.38. The van der Waals surface area contributed by atoms with Crippen LogP contribution in [0.15, 0.2) is 6.20 Å². The monoisotopic (exact) mass is 205 g/mol. The van der Waals surface area contributed by atoms with Crippen LogP contribution in [-0.4, -0.2) is 16.1 Å². The van der Waals surface area contributed by atoms with Crippen molar-refractivity contribution < 1.29 is 13.2 Å². The van der Waals surface area contributed by atoms with Crippen molar-refractivity contribution in [1.82, 2.24) is 9.97 Å². The van der Waals surface area contributed by atoms with E-state index in [4.69, 9.17) is 5.73 Å². The van der Waals surface area contributed by atoms with Gasteiger partial charge < -0.3 is 5.73 Å². The first-order valence-corrected chi connectivity index (χ1v) is 4.03. The second kappa shape index (κ2) is 3.81. The number of hydrogen-bond acceptors (Lipinski definition) is 3. The Kier molecular flexibility index (Phi) is 2.93. The molecule has 1 aromatic heterocycles. The Morgan fingerprint density at radius 3 is 2.57 bits per heavy atom. The molecule has 78 valence electrons. The Hall–Kier alpha value is -1.33. The summed E-state index contributed by atoms with van der Waals surface area (Å²) in [4.78, 5) is 7.55. The Balaban J connectivity index is 2.65. The van der Waals surface area contributed by atoms with E-state index in [1.54, 1.807) is 6.92 Å². The van der Waals surface area contributed by atoms with Crippen molar-refractivity contribution >= 4 is 5.69 Å². The summed E-state index contributed by atoms with van der Waals surface area (Å²) in [5.41, 5.74) is 6.32. The van der Waals surface area contributed by atoms with Crippen LogP contribution >= 0.6 is 0 Å². The average molecular weight is 205 g/mol. The van der Waals surface area contributed by atoms with Crippen LogP contribution in [0.2, 0.25) is 0 Å². The van der Waals surface area contributed by atoms with Gasteiger partial charge in [0.05, 0.1) is 24.0 Å². The highest BCUT2D eigenvalue weighted by Crippen LogP contribution is 2.21. The number of rotatable bonds is 2. The quantitative estimate of drug-likeness (QED) is 0.801. The zero-order valence-electron chi connectivity index (χ0n) is 7.60. The van der Waals surface area contributed by atoms with Crippen LogP contribution in [0, 0.1) is 6.92 Å². The third-order valence-electron chi connectivity index (χ3n) is 1.70. The molecular weight excluding hydrogens is 195 g/mol. The molecule has 0 spiro atoms. The molecule has 1 heterocycles. The van der Waals surface area contributed by atoms with Gasteiger partial charge in [-0.25, -0.2) is 9.97 Å². The van der Waals surface area contributed by atoms with Gasteiger partial charge in [0.25, 0.3) is 0 Å². The summed E-state index contributed by atoms with van der Waals surface area (Å²) in [5.74, 6) is 0.175. The smallest absolute Gasteiger partial charge is 0.389 e. The van der Waals surface area contributed by atoms with E-state index in [-0.39, 0.29) is 12.2 Å². The third-order valence-corrected chi connectivity index (χ3v) is 1.70. The topological polar surface area (TPSA) is 51.8 Å². The maximum atomic E-state index is 11.8. The lowest BCUT2D eigenvalue weighted by Crippen LogP contribution is -2.10. The molecule has 0 aliphatic heterocycles. The molecule has 0 saturated heterocycles. The molecule has 0 unspecified atom stereocenters. The van der Waals surface area contributed by atoms with Gasteiger partial charge >= 0.3 is 6.18 Å². The Morgan fingerprint density at radius 2 is 2.07 bits per heavy atom. The zero-order chi connectivity index (χ0) is 10.8. The Bertz CT molecular complexity index is 322. The lowest BCUT2D eigenvalue weighted by atomic mass is 10.3. The van der Waals surface area contributed by atoms with Gasteiger partial charge in [-0.05, 0) is 6.92 Å². The highest BCUT2D eigenvalue weighted by atomic mass is 19.4. The number of halogens is 3. The van der Waals surface area contributed by atoms with Crippen molar-refractivity contribution in [3.8, 4) is 0 Å². The molecule has 2 N–H and O–H groups in total. The fourth-order valence-electron chi connectivity index (χ4n) is 0.898. The van der Waals surface area contributed by atoms with Crippen LogP contribution < -0.4 is 5.73 Å². The number of hydrogen-bond donors (Lipinski definition) is 1. The maximum absolute atomic E-state index is 11.8. The van der Waals surface area contributed by atoms with Gasteiger partial charge in [0.2, 0.25) is 0 Å². The minimum absolute atomic E-state index is 0.175. The van der Waals surface area contributed by atoms with Crippen LogP contribution in [-0.2, 0) is 6.42 Å². The van der Waals surface area contributed by atoms with E-state index in [9.17, 15) is 13.2 Å². The molecule has 1 rings (SSSR count). The SMILES string of the molecule is Cc1nc(CCC(F)(F)F)ncc1N. The number of nitrogen functional groups attached to an aromatic ring is 1. The van der Waals surface area contributed by atoms with E-state index in [2.05, 4.69) is 9.97 Å². The van der Waals surface area contributed by atoms with Crippen LogP contribution in [0.5, 0.6) is 0 Å². The highest BCUT2D eigenvalue weighted by molar-refractivity contribution is 5.38. The van der Waals surface area contributed by atoms with Crippen LogP contribution in [0.25, 0.3) is 0 Å². The molecule has 0 aliphatic carbocycles.